The van der Waals surface area contributed by atoms with Crippen LogP contribution in [-0.2, 0) is 11.3 Å². The molecule has 1 aromatic rings. The largest absolute Gasteiger partial charge is 0.480 e. The minimum Gasteiger partial charge on any atom is -0.480 e. The van der Waals surface area contributed by atoms with E-state index in [1.807, 2.05) is 11.4 Å². The van der Waals surface area contributed by atoms with Crippen LogP contribution in [-0.4, -0.2) is 34.9 Å². The molecule has 0 aliphatic carbocycles. The van der Waals surface area contributed by atoms with Gasteiger partial charge in [-0.15, -0.1) is 11.3 Å². The van der Waals surface area contributed by atoms with Gasteiger partial charge in [0, 0.05) is 9.35 Å². The highest BCUT2D eigenvalue weighted by Gasteiger charge is 2.18. The number of rotatable bonds is 5. The number of carbonyl (C=O) groups is 2. The molecule has 0 unspecified atom stereocenters. The smallest absolute Gasteiger partial charge is 0.328 e. The summed E-state index contributed by atoms with van der Waals surface area (Å²) < 4.78 is 0.889. The first kappa shape index (κ1) is 13.9. The summed E-state index contributed by atoms with van der Waals surface area (Å²) in [7, 11) is 0. The average Bonchev–Trinajstić information content (AvgIpc) is 2.68. The molecule has 4 N–H and O–H groups in total. The van der Waals surface area contributed by atoms with Crippen molar-refractivity contribution >= 4 is 39.3 Å². The predicted octanol–water partition coefficient (Wildman–Crippen LogP) is 0.755. The maximum absolute atomic E-state index is 11.3. The van der Waals surface area contributed by atoms with Crippen LogP contribution >= 0.6 is 27.3 Å². The lowest BCUT2D eigenvalue weighted by atomic mass is 10.3. The van der Waals surface area contributed by atoms with E-state index in [0.717, 1.165) is 9.35 Å². The van der Waals surface area contributed by atoms with Gasteiger partial charge < -0.3 is 20.8 Å². The van der Waals surface area contributed by atoms with E-state index in [2.05, 4.69) is 26.6 Å². The maximum Gasteiger partial charge on any atom is 0.328 e. The number of carbonyl (C=O) groups excluding carboxylic acids is 1. The van der Waals surface area contributed by atoms with Crippen LogP contribution in [0.4, 0.5) is 4.79 Å². The number of hydrogen-bond acceptors (Lipinski definition) is 4. The Hall–Kier alpha value is -1.12. The van der Waals surface area contributed by atoms with Crippen molar-refractivity contribution in [2.45, 2.75) is 12.6 Å². The Morgan fingerprint density at radius 2 is 2.24 bits per heavy atom. The van der Waals surface area contributed by atoms with Crippen LogP contribution < -0.4 is 10.6 Å². The van der Waals surface area contributed by atoms with Crippen molar-refractivity contribution in [3.05, 3.63) is 20.8 Å². The van der Waals surface area contributed by atoms with E-state index in [1.165, 1.54) is 11.3 Å². The van der Waals surface area contributed by atoms with Gasteiger partial charge in [0.25, 0.3) is 0 Å². The number of amides is 2. The molecule has 1 rings (SSSR count). The Morgan fingerprint density at radius 1 is 1.53 bits per heavy atom. The lowest BCUT2D eigenvalue weighted by Gasteiger charge is -2.12. The number of aliphatic hydroxyl groups is 1. The molecule has 2 amide bonds. The van der Waals surface area contributed by atoms with E-state index in [-0.39, 0.29) is 0 Å². The van der Waals surface area contributed by atoms with Gasteiger partial charge >= 0.3 is 12.0 Å². The predicted molar refractivity (Wildman–Crippen MR) is 65.9 cm³/mol. The van der Waals surface area contributed by atoms with Gasteiger partial charge in [-0.25, -0.2) is 9.59 Å². The van der Waals surface area contributed by atoms with Crippen LogP contribution in [0.25, 0.3) is 0 Å². The van der Waals surface area contributed by atoms with E-state index in [1.54, 1.807) is 0 Å². The monoisotopic (exact) mass is 322 g/mol. The van der Waals surface area contributed by atoms with Crippen LogP contribution in [0.15, 0.2) is 15.9 Å². The third-order valence-electron chi connectivity index (χ3n) is 1.89. The molecule has 6 nitrogen and oxygen atoms in total. The Morgan fingerprint density at radius 3 is 2.71 bits per heavy atom. The molecule has 17 heavy (non-hydrogen) atoms. The third kappa shape index (κ3) is 4.33. The first-order chi connectivity index (χ1) is 8.04. The number of carboxylic acid groups (broad SMARTS) is 1. The van der Waals surface area contributed by atoms with Crippen LogP contribution in [0.3, 0.4) is 0 Å². The SMILES string of the molecule is O=C(NCc1sccc1Br)N[C@H](CO)C(=O)O. The Kier molecular flexibility index (Phi) is 5.39. The molecule has 1 heterocycles. The zero-order chi connectivity index (χ0) is 12.8. The second-order valence-corrected chi connectivity index (χ2v) is 4.95. The summed E-state index contributed by atoms with van der Waals surface area (Å²) in [6.07, 6.45) is 0. The number of urea groups is 1. The fourth-order valence-electron chi connectivity index (χ4n) is 1.01. The highest BCUT2D eigenvalue weighted by Crippen LogP contribution is 2.21. The van der Waals surface area contributed by atoms with Crippen LogP contribution in [0.2, 0.25) is 0 Å². The fraction of sp³-hybridized carbons (Fsp3) is 0.333. The number of carboxylic acids is 1. The minimum absolute atomic E-state index is 0.294. The second-order valence-electron chi connectivity index (χ2n) is 3.09. The summed E-state index contributed by atoms with van der Waals surface area (Å²) in [4.78, 5) is 22.8. The molecule has 0 radical (unpaired) electrons. The number of aliphatic carboxylic acids is 1. The highest BCUT2D eigenvalue weighted by atomic mass is 79.9. The third-order valence-corrected chi connectivity index (χ3v) is 3.81. The summed E-state index contributed by atoms with van der Waals surface area (Å²) in [5, 5.41) is 23.8. The Balaban J connectivity index is 2.40. The summed E-state index contributed by atoms with van der Waals surface area (Å²) >= 11 is 4.78. The quantitative estimate of drug-likeness (QED) is 0.643. The summed E-state index contributed by atoms with van der Waals surface area (Å²) in [6, 6.07) is -0.0681. The first-order valence-electron chi connectivity index (χ1n) is 4.64. The standard InChI is InChI=1S/C9H11BrN2O4S/c10-5-1-2-17-7(5)3-11-9(16)12-6(4-13)8(14)15/h1-2,6,13H,3-4H2,(H,14,15)(H2,11,12,16)/t6-/m1/s1. The number of halogens is 1. The van der Waals surface area contributed by atoms with Crippen LogP contribution in [0.5, 0.6) is 0 Å². The fourth-order valence-corrected chi connectivity index (χ4v) is 2.44. The summed E-state index contributed by atoms with van der Waals surface area (Å²) in [5.41, 5.74) is 0. The molecule has 0 saturated carbocycles. The van der Waals surface area contributed by atoms with E-state index in [9.17, 15) is 9.59 Å². The molecular formula is C9H11BrN2O4S. The highest BCUT2D eigenvalue weighted by molar-refractivity contribution is 9.10. The molecule has 0 aromatic carbocycles. The first-order valence-corrected chi connectivity index (χ1v) is 6.31. The van der Waals surface area contributed by atoms with E-state index in [4.69, 9.17) is 10.2 Å². The zero-order valence-electron chi connectivity index (χ0n) is 8.64. The number of aliphatic hydroxyl groups excluding tert-OH is 1. The molecule has 8 heteroatoms. The van der Waals surface area contributed by atoms with Gasteiger partial charge in [-0.2, -0.15) is 0 Å². The van der Waals surface area contributed by atoms with Gasteiger partial charge in [0.15, 0.2) is 6.04 Å². The lowest BCUT2D eigenvalue weighted by molar-refractivity contribution is -0.140. The summed E-state index contributed by atoms with van der Waals surface area (Å²) in [6.45, 7) is -0.354. The van der Waals surface area contributed by atoms with Crippen LogP contribution in [0.1, 0.15) is 4.88 Å². The molecule has 0 saturated heterocycles. The lowest BCUT2D eigenvalue weighted by Crippen LogP contribution is -2.47. The Labute approximate surface area is 110 Å². The normalized spacial score (nSPS) is 11.9. The van der Waals surface area contributed by atoms with Gasteiger partial charge in [0.1, 0.15) is 0 Å². The molecule has 0 spiro atoms. The van der Waals surface area contributed by atoms with Crippen molar-refractivity contribution in [3.63, 3.8) is 0 Å². The van der Waals surface area contributed by atoms with E-state index < -0.39 is 24.6 Å². The molecular weight excluding hydrogens is 312 g/mol. The molecule has 0 bridgehead atoms. The molecule has 0 fully saturated rings. The van der Waals surface area contributed by atoms with Gasteiger partial charge in [-0.3, -0.25) is 0 Å². The minimum atomic E-state index is -1.29. The number of hydrogen-bond donors (Lipinski definition) is 4. The van der Waals surface area contributed by atoms with Gasteiger partial charge in [-0.05, 0) is 27.4 Å². The van der Waals surface area contributed by atoms with Crippen molar-refractivity contribution in [2.75, 3.05) is 6.61 Å². The van der Waals surface area contributed by atoms with Gasteiger partial charge in [0.2, 0.25) is 0 Å². The number of thiophene rings is 1. The maximum atomic E-state index is 11.3. The van der Waals surface area contributed by atoms with Crippen molar-refractivity contribution in [1.29, 1.82) is 0 Å². The summed E-state index contributed by atoms with van der Waals surface area (Å²) in [5.74, 6) is -1.28. The molecule has 1 atom stereocenters. The van der Waals surface area contributed by atoms with Crippen molar-refractivity contribution < 1.29 is 19.8 Å². The molecule has 0 aliphatic rings. The number of nitrogens with one attached hydrogen (secondary N) is 2. The zero-order valence-corrected chi connectivity index (χ0v) is 11.0. The van der Waals surface area contributed by atoms with Gasteiger partial charge in [-0.1, -0.05) is 0 Å². The molecule has 94 valence electrons. The van der Waals surface area contributed by atoms with Crippen molar-refractivity contribution in [2.24, 2.45) is 0 Å². The molecule has 0 aliphatic heterocycles. The Bertz CT molecular complexity index is 409. The average molecular weight is 323 g/mol. The van der Waals surface area contributed by atoms with Gasteiger partial charge in [0.05, 0.1) is 13.2 Å². The van der Waals surface area contributed by atoms with Crippen molar-refractivity contribution in [3.8, 4) is 0 Å². The van der Waals surface area contributed by atoms with Crippen LogP contribution in [0, 0.1) is 0 Å². The van der Waals surface area contributed by atoms with E-state index >= 15 is 0 Å². The van der Waals surface area contributed by atoms with E-state index in [0.29, 0.717) is 6.54 Å². The molecule has 1 aromatic heterocycles. The second kappa shape index (κ2) is 6.58. The van der Waals surface area contributed by atoms with Crippen molar-refractivity contribution in [1.82, 2.24) is 10.6 Å². The topological polar surface area (TPSA) is 98.7 Å².